The van der Waals surface area contributed by atoms with Crippen LogP contribution in [-0.2, 0) is 0 Å². The second-order valence-corrected chi connectivity index (χ2v) is 6.16. The Hall–Kier alpha value is -0.0800. The van der Waals surface area contributed by atoms with Crippen LogP contribution in [0, 0.1) is 11.8 Å². The maximum absolute atomic E-state index is 3.99. The number of nitrogens with one attached hydrogen (secondary N) is 2. The Morgan fingerprint density at radius 1 is 1.18 bits per heavy atom. The second-order valence-electron chi connectivity index (χ2n) is 6.16. The zero-order chi connectivity index (χ0) is 12.1. The molecular weight excluding hydrogens is 208 g/mol. The van der Waals surface area contributed by atoms with E-state index in [0.29, 0.717) is 0 Å². The smallest absolute Gasteiger partial charge is 0.0120 e. The summed E-state index contributed by atoms with van der Waals surface area (Å²) in [5, 5.41) is 7.48. The third kappa shape index (κ3) is 3.69. The summed E-state index contributed by atoms with van der Waals surface area (Å²) in [6.07, 6.45) is 9.94. The lowest BCUT2D eigenvalue weighted by atomic mass is 9.81. The lowest BCUT2D eigenvalue weighted by Crippen LogP contribution is -2.51. The summed E-state index contributed by atoms with van der Waals surface area (Å²) in [6, 6.07) is 1.53. The van der Waals surface area contributed by atoms with Gasteiger partial charge >= 0.3 is 0 Å². The van der Waals surface area contributed by atoms with E-state index < -0.39 is 0 Å². The van der Waals surface area contributed by atoms with Gasteiger partial charge in [-0.25, -0.2) is 0 Å². The van der Waals surface area contributed by atoms with Crippen LogP contribution in [0.3, 0.4) is 0 Å². The van der Waals surface area contributed by atoms with Gasteiger partial charge in [0.1, 0.15) is 0 Å². The molecular formula is C15H30N2. The van der Waals surface area contributed by atoms with Crippen molar-refractivity contribution in [2.45, 2.75) is 70.9 Å². The highest BCUT2D eigenvalue weighted by Crippen LogP contribution is 2.28. The molecule has 2 aliphatic rings. The molecule has 0 radical (unpaired) electrons. The van der Waals surface area contributed by atoms with Crippen molar-refractivity contribution in [2.24, 2.45) is 11.8 Å². The molecule has 100 valence electrons. The maximum atomic E-state index is 3.99. The first-order valence-electron chi connectivity index (χ1n) is 7.78. The summed E-state index contributed by atoms with van der Waals surface area (Å²) < 4.78 is 0. The van der Waals surface area contributed by atoms with E-state index in [2.05, 4.69) is 24.5 Å². The lowest BCUT2D eigenvalue weighted by Gasteiger charge is -2.37. The molecule has 3 unspecified atom stereocenters. The second kappa shape index (κ2) is 6.75. The van der Waals surface area contributed by atoms with Crippen molar-refractivity contribution in [3.8, 4) is 0 Å². The van der Waals surface area contributed by atoms with Crippen molar-refractivity contribution in [3.05, 3.63) is 0 Å². The van der Waals surface area contributed by atoms with E-state index in [0.717, 1.165) is 23.9 Å². The topological polar surface area (TPSA) is 24.1 Å². The van der Waals surface area contributed by atoms with Crippen LogP contribution in [-0.4, -0.2) is 25.2 Å². The Balaban J connectivity index is 1.84. The first-order chi connectivity index (χ1) is 8.31. The normalized spacial score (nSPS) is 33.5. The zero-order valence-corrected chi connectivity index (χ0v) is 11.7. The van der Waals surface area contributed by atoms with Crippen LogP contribution < -0.4 is 10.6 Å². The maximum Gasteiger partial charge on any atom is 0.0120 e. The summed E-state index contributed by atoms with van der Waals surface area (Å²) in [7, 11) is 0. The van der Waals surface area contributed by atoms with Crippen LogP contribution in [0.25, 0.3) is 0 Å². The van der Waals surface area contributed by atoms with Crippen molar-refractivity contribution in [1.29, 1.82) is 0 Å². The molecule has 0 spiro atoms. The minimum atomic E-state index is 0.753. The molecule has 2 fully saturated rings. The van der Waals surface area contributed by atoms with E-state index in [1.165, 1.54) is 58.0 Å². The minimum absolute atomic E-state index is 0.753. The molecule has 0 aromatic rings. The Bertz CT molecular complexity index is 211. The molecule has 0 aromatic carbocycles. The Morgan fingerprint density at radius 2 is 1.94 bits per heavy atom. The van der Waals surface area contributed by atoms with Gasteiger partial charge in [-0.05, 0) is 50.6 Å². The van der Waals surface area contributed by atoms with Gasteiger partial charge in [-0.1, -0.05) is 33.1 Å². The Labute approximate surface area is 107 Å². The lowest BCUT2D eigenvalue weighted by molar-refractivity contribution is 0.203. The minimum Gasteiger partial charge on any atom is -0.316 e. The van der Waals surface area contributed by atoms with Gasteiger partial charge in [-0.3, -0.25) is 0 Å². The van der Waals surface area contributed by atoms with Gasteiger partial charge in [-0.15, -0.1) is 0 Å². The molecule has 3 atom stereocenters. The highest BCUT2D eigenvalue weighted by molar-refractivity contribution is 4.86. The van der Waals surface area contributed by atoms with Crippen molar-refractivity contribution >= 4 is 0 Å². The van der Waals surface area contributed by atoms with E-state index >= 15 is 0 Å². The predicted octanol–water partition coefficient (Wildman–Crippen LogP) is 2.93. The number of piperidine rings is 1. The Morgan fingerprint density at radius 3 is 2.59 bits per heavy atom. The number of rotatable bonds is 4. The first-order valence-corrected chi connectivity index (χ1v) is 7.78. The van der Waals surface area contributed by atoms with Gasteiger partial charge in [0.15, 0.2) is 0 Å². The molecule has 1 aliphatic heterocycles. The predicted molar refractivity (Wildman–Crippen MR) is 74.2 cm³/mol. The molecule has 2 heteroatoms. The molecule has 1 saturated heterocycles. The van der Waals surface area contributed by atoms with Crippen LogP contribution in [0.4, 0.5) is 0 Å². The molecule has 0 amide bonds. The number of hydrogen-bond acceptors (Lipinski definition) is 2. The monoisotopic (exact) mass is 238 g/mol. The van der Waals surface area contributed by atoms with Gasteiger partial charge in [0.2, 0.25) is 0 Å². The standard InChI is InChI=1S/C15H30N2/c1-3-14(13-7-5-4-6-8-13)17-15-9-10-16-11-12(15)2/h12-17H,3-11H2,1-2H3. The van der Waals surface area contributed by atoms with Crippen LogP contribution >= 0.6 is 0 Å². The van der Waals surface area contributed by atoms with E-state index in [1.807, 2.05) is 0 Å². The summed E-state index contributed by atoms with van der Waals surface area (Å²) in [5.41, 5.74) is 0. The van der Waals surface area contributed by atoms with Gasteiger partial charge < -0.3 is 10.6 Å². The van der Waals surface area contributed by atoms with Gasteiger partial charge in [0, 0.05) is 12.1 Å². The molecule has 17 heavy (non-hydrogen) atoms. The van der Waals surface area contributed by atoms with Crippen LogP contribution in [0.5, 0.6) is 0 Å². The fraction of sp³-hybridized carbons (Fsp3) is 1.00. The summed E-state index contributed by atoms with van der Waals surface area (Å²) in [6.45, 7) is 7.14. The zero-order valence-electron chi connectivity index (χ0n) is 11.7. The molecule has 0 bridgehead atoms. The van der Waals surface area contributed by atoms with Crippen molar-refractivity contribution in [1.82, 2.24) is 10.6 Å². The van der Waals surface area contributed by atoms with Gasteiger partial charge in [0.25, 0.3) is 0 Å². The van der Waals surface area contributed by atoms with E-state index in [4.69, 9.17) is 0 Å². The van der Waals surface area contributed by atoms with Crippen LogP contribution in [0.15, 0.2) is 0 Å². The van der Waals surface area contributed by atoms with Crippen molar-refractivity contribution < 1.29 is 0 Å². The molecule has 1 aliphatic carbocycles. The van der Waals surface area contributed by atoms with Gasteiger partial charge in [0.05, 0.1) is 0 Å². The fourth-order valence-corrected chi connectivity index (χ4v) is 3.66. The quantitative estimate of drug-likeness (QED) is 0.787. The molecule has 2 nitrogen and oxygen atoms in total. The van der Waals surface area contributed by atoms with Crippen molar-refractivity contribution in [2.75, 3.05) is 13.1 Å². The molecule has 1 saturated carbocycles. The fourth-order valence-electron chi connectivity index (χ4n) is 3.66. The SMILES string of the molecule is CCC(NC1CCNCC1C)C1CCCCC1. The van der Waals surface area contributed by atoms with Gasteiger partial charge in [-0.2, -0.15) is 0 Å². The van der Waals surface area contributed by atoms with Crippen LogP contribution in [0.1, 0.15) is 58.8 Å². The summed E-state index contributed by atoms with van der Waals surface area (Å²) >= 11 is 0. The molecule has 2 N–H and O–H groups in total. The molecule has 1 heterocycles. The summed E-state index contributed by atoms with van der Waals surface area (Å²) in [4.78, 5) is 0. The number of hydrogen-bond donors (Lipinski definition) is 2. The van der Waals surface area contributed by atoms with Crippen LogP contribution in [0.2, 0.25) is 0 Å². The molecule has 0 aromatic heterocycles. The highest BCUT2D eigenvalue weighted by atomic mass is 15.0. The van der Waals surface area contributed by atoms with E-state index in [9.17, 15) is 0 Å². The Kier molecular flexibility index (Phi) is 5.30. The first kappa shape index (κ1) is 13.4. The highest BCUT2D eigenvalue weighted by Gasteiger charge is 2.27. The largest absolute Gasteiger partial charge is 0.316 e. The molecule has 2 rings (SSSR count). The average Bonchev–Trinajstić information content (AvgIpc) is 2.39. The van der Waals surface area contributed by atoms with Crippen molar-refractivity contribution in [3.63, 3.8) is 0 Å². The summed E-state index contributed by atoms with van der Waals surface area (Å²) in [5.74, 6) is 1.75. The third-order valence-corrected chi connectivity index (χ3v) is 4.87. The third-order valence-electron chi connectivity index (χ3n) is 4.87. The van der Waals surface area contributed by atoms with E-state index in [1.54, 1.807) is 0 Å². The average molecular weight is 238 g/mol. The van der Waals surface area contributed by atoms with E-state index in [-0.39, 0.29) is 0 Å².